The van der Waals surface area contributed by atoms with E-state index in [-0.39, 0.29) is 30.1 Å². The first-order valence-corrected chi connectivity index (χ1v) is 9.08. The van der Waals surface area contributed by atoms with Crippen LogP contribution in [0.4, 0.5) is 0 Å². The number of amides is 1. The highest BCUT2D eigenvalue weighted by molar-refractivity contribution is 6.62. The predicted molar refractivity (Wildman–Crippen MR) is 97.5 cm³/mol. The molecule has 0 aromatic heterocycles. The summed E-state index contributed by atoms with van der Waals surface area (Å²) in [5.41, 5.74) is 1.32. The van der Waals surface area contributed by atoms with E-state index in [1.54, 1.807) is 0 Å². The van der Waals surface area contributed by atoms with Gasteiger partial charge in [-0.2, -0.15) is 0 Å². The van der Waals surface area contributed by atoms with Gasteiger partial charge in [0.2, 0.25) is 5.91 Å². The van der Waals surface area contributed by atoms with Gasteiger partial charge in [0.15, 0.2) is 0 Å². The van der Waals surface area contributed by atoms with Crippen molar-refractivity contribution in [1.29, 1.82) is 0 Å². The van der Waals surface area contributed by atoms with Crippen LogP contribution in [-0.2, 0) is 25.4 Å². The Morgan fingerprint density at radius 3 is 2.44 bits per heavy atom. The summed E-state index contributed by atoms with van der Waals surface area (Å²) in [4.78, 5) is 12.3. The number of hydrogen-bond donors (Lipinski definition) is 1. The zero-order valence-corrected chi connectivity index (χ0v) is 15.6. The van der Waals surface area contributed by atoms with Gasteiger partial charge < -0.3 is 19.4 Å². The van der Waals surface area contributed by atoms with Crippen molar-refractivity contribution < 1.29 is 18.8 Å². The Morgan fingerprint density at radius 1 is 1.16 bits per heavy atom. The molecule has 0 spiro atoms. The molecule has 2 aliphatic heterocycles. The molecule has 25 heavy (non-hydrogen) atoms. The van der Waals surface area contributed by atoms with E-state index in [0.29, 0.717) is 19.8 Å². The van der Waals surface area contributed by atoms with Gasteiger partial charge in [-0.25, -0.2) is 0 Å². The van der Waals surface area contributed by atoms with Crippen LogP contribution in [0.25, 0.3) is 0 Å². The highest BCUT2D eigenvalue weighted by Crippen LogP contribution is 2.36. The minimum absolute atomic E-state index is 0.0695. The van der Waals surface area contributed by atoms with Crippen LogP contribution in [0.2, 0.25) is 0 Å². The maximum absolute atomic E-state index is 12.3. The first-order valence-electron chi connectivity index (χ1n) is 9.08. The normalized spacial score (nSPS) is 22.8. The Balaban J connectivity index is 1.61. The molecule has 2 aliphatic rings. The van der Waals surface area contributed by atoms with Crippen LogP contribution < -0.4 is 10.8 Å². The van der Waals surface area contributed by atoms with Gasteiger partial charge in [-0.3, -0.25) is 4.79 Å². The van der Waals surface area contributed by atoms with Crippen LogP contribution in [0.15, 0.2) is 24.3 Å². The third kappa shape index (κ3) is 4.07. The molecule has 0 aliphatic carbocycles. The van der Waals surface area contributed by atoms with Crippen molar-refractivity contribution in [3.8, 4) is 0 Å². The van der Waals surface area contributed by atoms with E-state index >= 15 is 0 Å². The zero-order chi connectivity index (χ0) is 18.1. The van der Waals surface area contributed by atoms with E-state index < -0.39 is 0 Å². The van der Waals surface area contributed by atoms with Gasteiger partial charge in [0.05, 0.1) is 11.2 Å². The summed E-state index contributed by atoms with van der Waals surface area (Å²) in [6.07, 6.45) is 1.61. The molecule has 1 N–H and O–H groups in total. The SMILES string of the molecule is CC1(C)OB(c2cccc(CNC(=O)C3CCOCC3)c2)OC1(C)C. The number of nitrogens with one attached hydrogen (secondary N) is 1. The van der Waals surface area contributed by atoms with Crippen LogP contribution in [0, 0.1) is 5.92 Å². The summed E-state index contributed by atoms with van der Waals surface area (Å²) in [6, 6.07) is 8.05. The standard InChI is InChI=1S/C19H28BNO4/c1-18(2)19(3,4)25-20(24-18)16-7-5-6-14(12-16)13-21-17(22)15-8-10-23-11-9-15/h5-7,12,15H,8-11,13H2,1-4H3,(H,21,22). The minimum atomic E-state index is -0.379. The highest BCUT2D eigenvalue weighted by Gasteiger charge is 2.51. The molecule has 0 bridgehead atoms. The maximum atomic E-state index is 12.3. The quantitative estimate of drug-likeness (QED) is 0.849. The average Bonchev–Trinajstić information content (AvgIpc) is 2.81. The molecular formula is C19H28BNO4. The second kappa shape index (κ2) is 7.10. The molecule has 5 nitrogen and oxygen atoms in total. The lowest BCUT2D eigenvalue weighted by molar-refractivity contribution is -0.128. The largest absolute Gasteiger partial charge is 0.494 e. The Hall–Kier alpha value is -1.37. The molecule has 136 valence electrons. The summed E-state index contributed by atoms with van der Waals surface area (Å²) < 4.78 is 17.5. The topological polar surface area (TPSA) is 56.8 Å². The molecular weight excluding hydrogens is 317 g/mol. The fraction of sp³-hybridized carbons (Fsp3) is 0.632. The van der Waals surface area contributed by atoms with Gasteiger partial charge in [-0.1, -0.05) is 24.3 Å². The molecule has 1 aromatic rings. The number of rotatable bonds is 4. The second-order valence-corrected chi connectivity index (χ2v) is 7.94. The van der Waals surface area contributed by atoms with Crippen molar-refractivity contribution in [2.24, 2.45) is 5.92 Å². The van der Waals surface area contributed by atoms with Crippen molar-refractivity contribution >= 4 is 18.5 Å². The molecule has 0 radical (unpaired) electrons. The maximum Gasteiger partial charge on any atom is 0.494 e. The van der Waals surface area contributed by atoms with Gasteiger partial charge in [0.25, 0.3) is 0 Å². The third-order valence-corrected chi connectivity index (χ3v) is 5.54. The van der Waals surface area contributed by atoms with Crippen LogP contribution in [-0.4, -0.2) is 37.4 Å². The predicted octanol–water partition coefficient (Wildman–Crippen LogP) is 2.03. The molecule has 0 atom stereocenters. The van der Waals surface area contributed by atoms with E-state index in [0.717, 1.165) is 23.9 Å². The van der Waals surface area contributed by atoms with Crippen molar-refractivity contribution in [3.63, 3.8) is 0 Å². The van der Waals surface area contributed by atoms with E-state index in [1.807, 2.05) is 52.0 Å². The number of carbonyl (C=O) groups is 1. The lowest BCUT2D eigenvalue weighted by Gasteiger charge is -2.32. The summed E-state index contributed by atoms with van der Waals surface area (Å²) >= 11 is 0. The zero-order valence-electron chi connectivity index (χ0n) is 15.6. The van der Waals surface area contributed by atoms with Gasteiger partial charge in [0, 0.05) is 25.7 Å². The van der Waals surface area contributed by atoms with E-state index in [4.69, 9.17) is 14.0 Å². The first-order chi connectivity index (χ1) is 11.8. The molecule has 1 amide bonds. The summed E-state index contributed by atoms with van der Waals surface area (Å²) in [6.45, 7) is 10.1. The van der Waals surface area contributed by atoms with Crippen LogP contribution in [0.1, 0.15) is 46.1 Å². The number of ether oxygens (including phenoxy) is 1. The first kappa shape index (κ1) is 18.4. The second-order valence-electron chi connectivity index (χ2n) is 7.94. The van der Waals surface area contributed by atoms with E-state index in [2.05, 4.69) is 5.32 Å². The Bertz CT molecular complexity index is 610. The van der Waals surface area contributed by atoms with Crippen molar-refractivity contribution in [2.45, 2.75) is 58.3 Å². The van der Waals surface area contributed by atoms with Crippen molar-refractivity contribution in [1.82, 2.24) is 5.32 Å². The molecule has 2 heterocycles. The highest BCUT2D eigenvalue weighted by atomic mass is 16.7. The van der Waals surface area contributed by atoms with E-state index in [1.165, 1.54) is 0 Å². The van der Waals surface area contributed by atoms with Gasteiger partial charge in [-0.05, 0) is 51.6 Å². The van der Waals surface area contributed by atoms with Crippen molar-refractivity contribution in [2.75, 3.05) is 13.2 Å². The summed E-state index contributed by atoms with van der Waals surface area (Å²) in [5, 5.41) is 3.04. The number of benzene rings is 1. The monoisotopic (exact) mass is 345 g/mol. The number of hydrogen-bond acceptors (Lipinski definition) is 4. The molecule has 0 unspecified atom stereocenters. The molecule has 2 fully saturated rings. The van der Waals surface area contributed by atoms with Crippen LogP contribution in [0.3, 0.4) is 0 Å². The van der Waals surface area contributed by atoms with Gasteiger partial charge >= 0.3 is 7.12 Å². The van der Waals surface area contributed by atoms with Gasteiger partial charge in [0.1, 0.15) is 0 Å². The Labute approximate surface area is 150 Å². The van der Waals surface area contributed by atoms with Gasteiger partial charge in [-0.15, -0.1) is 0 Å². The molecule has 2 saturated heterocycles. The fourth-order valence-electron chi connectivity index (χ4n) is 3.12. The Morgan fingerprint density at radius 2 is 1.80 bits per heavy atom. The average molecular weight is 345 g/mol. The van der Waals surface area contributed by atoms with E-state index in [9.17, 15) is 4.79 Å². The minimum Gasteiger partial charge on any atom is -0.399 e. The fourth-order valence-corrected chi connectivity index (χ4v) is 3.12. The number of carbonyl (C=O) groups excluding carboxylic acids is 1. The summed E-state index contributed by atoms with van der Waals surface area (Å²) in [5.74, 6) is 0.185. The molecule has 1 aromatic carbocycles. The third-order valence-electron chi connectivity index (χ3n) is 5.54. The molecule has 3 rings (SSSR count). The lowest BCUT2D eigenvalue weighted by atomic mass is 9.78. The molecule has 0 saturated carbocycles. The lowest BCUT2D eigenvalue weighted by Crippen LogP contribution is -2.41. The van der Waals surface area contributed by atoms with Crippen molar-refractivity contribution in [3.05, 3.63) is 29.8 Å². The van der Waals surface area contributed by atoms with Crippen LogP contribution in [0.5, 0.6) is 0 Å². The smallest absolute Gasteiger partial charge is 0.399 e. The summed E-state index contributed by atoms with van der Waals surface area (Å²) in [7, 11) is -0.379. The molecule has 6 heteroatoms. The van der Waals surface area contributed by atoms with Crippen LogP contribution >= 0.6 is 0 Å². The Kier molecular flexibility index (Phi) is 5.23.